The molecule has 8 nitrogen and oxygen atoms in total. The van der Waals surface area contributed by atoms with Crippen molar-refractivity contribution in [3.05, 3.63) is 46.8 Å². The van der Waals surface area contributed by atoms with Crippen LogP contribution in [0, 0.1) is 0 Å². The van der Waals surface area contributed by atoms with E-state index in [1.54, 1.807) is 22.4 Å². The van der Waals surface area contributed by atoms with Crippen LogP contribution in [0.15, 0.2) is 50.9 Å². The smallest absolute Gasteiger partial charge is 0.250 e. The van der Waals surface area contributed by atoms with E-state index in [9.17, 15) is 21.6 Å². The van der Waals surface area contributed by atoms with Crippen molar-refractivity contribution in [2.75, 3.05) is 13.1 Å². The fourth-order valence-corrected chi connectivity index (χ4v) is 6.79. The molecular weight excluding hydrogens is 470 g/mol. The Bertz CT molecular complexity index is 1080. The van der Waals surface area contributed by atoms with Gasteiger partial charge in [0.25, 0.3) is 0 Å². The zero-order chi connectivity index (χ0) is 21.9. The molecule has 164 valence electrons. The Kier molecular flexibility index (Phi) is 7.20. The summed E-state index contributed by atoms with van der Waals surface area (Å²) in [5.74, 6) is -0.355. The van der Waals surface area contributed by atoms with Crippen LogP contribution in [0.2, 0.25) is 5.02 Å². The molecule has 1 aliphatic rings. The highest BCUT2D eigenvalue weighted by atomic mass is 35.5. The molecule has 0 unspecified atom stereocenters. The molecule has 0 saturated carbocycles. The van der Waals surface area contributed by atoms with Crippen molar-refractivity contribution in [2.45, 2.75) is 41.0 Å². The average molecular weight is 492 g/mol. The molecule has 1 aromatic heterocycles. The van der Waals surface area contributed by atoms with E-state index in [4.69, 9.17) is 11.6 Å². The predicted octanol–water partition coefficient (Wildman–Crippen LogP) is 2.04. The number of carbonyl (C=O) groups is 1. The summed E-state index contributed by atoms with van der Waals surface area (Å²) in [6.45, 7) is 2.16. The van der Waals surface area contributed by atoms with Crippen LogP contribution >= 0.6 is 22.9 Å². The van der Waals surface area contributed by atoms with Gasteiger partial charge in [-0.25, -0.2) is 21.6 Å². The Hall–Kier alpha value is -1.50. The molecule has 1 atom stereocenters. The van der Waals surface area contributed by atoms with Gasteiger partial charge in [0, 0.05) is 24.2 Å². The van der Waals surface area contributed by atoms with Gasteiger partial charge >= 0.3 is 0 Å². The van der Waals surface area contributed by atoms with E-state index in [1.165, 1.54) is 31.2 Å². The lowest BCUT2D eigenvalue weighted by Crippen LogP contribution is -2.52. The molecular formula is C18H22ClN3O5S3. The number of thiophene rings is 1. The standard InChI is InChI=1S/C18H22ClN3O5S3/c1-13(20-29(24,25)16-6-4-14(19)5-7-16)18(23)22-10-8-15(9-11-22)21-30(26,27)17-3-2-12-28-17/h2-7,12-13,15,20-21H,8-11H2,1H3/t13-/m0/s1. The Labute approximate surface area is 185 Å². The van der Waals surface area contributed by atoms with Crippen molar-refractivity contribution < 1.29 is 21.6 Å². The first-order valence-corrected chi connectivity index (χ1v) is 13.4. The van der Waals surface area contributed by atoms with Crippen molar-refractivity contribution in [1.82, 2.24) is 14.3 Å². The molecule has 1 aromatic carbocycles. The SMILES string of the molecule is C[C@H](NS(=O)(=O)c1ccc(Cl)cc1)C(=O)N1CCC(NS(=O)(=O)c2cccs2)CC1. The molecule has 0 spiro atoms. The van der Waals surface area contributed by atoms with Crippen LogP contribution in [0.1, 0.15) is 19.8 Å². The molecule has 0 bridgehead atoms. The van der Waals surface area contributed by atoms with Gasteiger partial charge < -0.3 is 4.90 Å². The van der Waals surface area contributed by atoms with E-state index >= 15 is 0 Å². The topological polar surface area (TPSA) is 113 Å². The largest absolute Gasteiger partial charge is 0.341 e. The number of carbonyl (C=O) groups excluding carboxylic acids is 1. The number of nitrogens with zero attached hydrogens (tertiary/aromatic N) is 1. The van der Waals surface area contributed by atoms with E-state index in [2.05, 4.69) is 9.44 Å². The number of hydrogen-bond donors (Lipinski definition) is 2. The third kappa shape index (κ3) is 5.59. The Morgan fingerprint density at radius 2 is 1.73 bits per heavy atom. The van der Waals surface area contributed by atoms with Crippen molar-refractivity contribution in [1.29, 1.82) is 0 Å². The van der Waals surface area contributed by atoms with Crippen LogP contribution in [0.5, 0.6) is 0 Å². The van der Waals surface area contributed by atoms with Crippen molar-refractivity contribution in [3.63, 3.8) is 0 Å². The molecule has 12 heteroatoms. The normalized spacial score (nSPS) is 17.1. The summed E-state index contributed by atoms with van der Waals surface area (Å²) in [6.07, 6.45) is 0.903. The van der Waals surface area contributed by atoms with Gasteiger partial charge in [-0.1, -0.05) is 17.7 Å². The van der Waals surface area contributed by atoms with Crippen LogP contribution in [0.25, 0.3) is 0 Å². The molecule has 3 rings (SSSR count). The van der Waals surface area contributed by atoms with Crippen LogP contribution in [0.3, 0.4) is 0 Å². The predicted molar refractivity (Wildman–Crippen MR) is 115 cm³/mol. The maximum absolute atomic E-state index is 12.7. The van der Waals surface area contributed by atoms with Gasteiger partial charge in [-0.3, -0.25) is 4.79 Å². The zero-order valence-corrected chi connectivity index (χ0v) is 19.3. The minimum absolute atomic E-state index is 0.0215. The number of nitrogens with one attached hydrogen (secondary N) is 2. The number of benzene rings is 1. The summed E-state index contributed by atoms with van der Waals surface area (Å²) < 4.78 is 54.9. The number of piperidine rings is 1. The lowest BCUT2D eigenvalue weighted by Gasteiger charge is -2.33. The van der Waals surface area contributed by atoms with Gasteiger partial charge in [0.05, 0.1) is 10.9 Å². The summed E-state index contributed by atoms with van der Waals surface area (Å²) in [6, 6.07) is 7.65. The highest BCUT2D eigenvalue weighted by Crippen LogP contribution is 2.19. The molecule has 2 aromatic rings. The highest BCUT2D eigenvalue weighted by molar-refractivity contribution is 7.91. The van der Waals surface area contributed by atoms with E-state index in [1.807, 2.05) is 0 Å². The van der Waals surface area contributed by atoms with E-state index < -0.39 is 26.1 Å². The average Bonchev–Trinajstić information content (AvgIpc) is 3.24. The van der Waals surface area contributed by atoms with Gasteiger partial charge in [0.2, 0.25) is 26.0 Å². The van der Waals surface area contributed by atoms with Crippen LogP contribution in [-0.4, -0.2) is 52.8 Å². The summed E-state index contributed by atoms with van der Waals surface area (Å²) in [5, 5.41) is 2.11. The van der Waals surface area contributed by atoms with Gasteiger partial charge in [0.1, 0.15) is 4.21 Å². The fraction of sp³-hybridized carbons (Fsp3) is 0.389. The summed E-state index contributed by atoms with van der Waals surface area (Å²) >= 11 is 6.93. The third-order valence-electron chi connectivity index (χ3n) is 4.71. The van der Waals surface area contributed by atoms with Gasteiger partial charge in [-0.05, 0) is 55.5 Å². The summed E-state index contributed by atoms with van der Waals surface area (Å²) in [7, 11) is -7.43. The lowest BCUT2D eigenvalue weighted by molar-refractivity contribution is -0.133. The first kappa shape index (κ1) is 23.2. The Balaban J connectivity index is 1.55. The van der Waals surface area contributed by atoms with Crippen molar-refractivity contribution >= 4 is 48.9 Å². The molecule has 30 heavy (non-hydrogen) atoms. The molecule has 0 radical (unpaired) electrons. The summed E-state index contributed by atoms with van der Waals surface area (Å²) in [4.78, 5) is 14.2. The quantitative estimate of drug-likeness (QED) is 0.615. The number of rotatable bonds is 7. The molecule has 2 N–H and O–H groups in total. The van der Waals surface area contributed by atoms with Gasteiger partial charge in [-0.15, -0.1) is 11.3 Å². The fourth-order valence-electron chi connectivity index (χ4n) is 3.15. The number of hydrogen-bond acceptors (Lipinski definition) is 6. The van der Waals surface area contributed by atoms with Crippen LogP contribution < -0.4 is 9.44 Å². The Morgan fingerprint density at radius 1 is 1.10 bits per heavy atom. The molecule has 0 aliphatic carbocycles. The van der Waals surface area contributed by atoms with Crippen molar-refractivity contribution in [2.24, 2.45) is 0 Å². The van der Waals surface area contributed by atoms with E-state index in [0.717, 1.165) is 11.3 Å². The molecule has 1 aliphatic heterocycles. The maximum Gasteiger partial charge on any atom is 0.250 e. The minimum Gasteiger partial charge on any atom is -0.341 e. The third-order valence-corrected chi connectivity index (χ3v) is 9.44. The maximum atomic E-state index is 12.7. The first-order valence-electron chi connectivity index (χ1n) is 9.21. The second-order valence-electron chi connectivity index (χ2n) is 6.95. The molecule has 1 fully saturated rings. The number of amides is 1. The lowest BCUT2D eigenvalue weighted by atomic mass is 10.1. The number of halogens is 1. The van der Waals surface area contributed by atoms with Crippen molar-refractivity contribution in [3.8, 4) is 0 Å². The monoisotopic (exact) mass is 491 g/mol. The number of sulfonamides is 2. The second kappa shape index (κ2) is 9.33. The first-order chi connectivity index (χ1) is 14.1. The second-order valence-corrected chi connectivity index (χ2v) is 12.0. The van der Waals surface area contributed by atoms with Crippen LogP contribution in [0.4, 0.5) is 0 Å². The van der Waals surface area contributed by atoms with E-state index in [-0.39, 0.29) is 21.1 Å². The van der Waals surface area contributed by atoms with Gasteiger partial charge in [0.15, 0.2) is 0 Å². The van der Waals surface area contributed by atoms with Crippen LogP contribution in [-0.2, 0) is 24.8 Å². The minimum atomic E-state index is -3.87. The number of likely N-dealkylation sites (tertiary alicyclic amines) is 1. The summed E-state index contributed by atoms with van der Waals surface area (Å²) in [5.41, 5.74) is 0. The molecule has 2 heterocycles. The van der Waals surface area contributed by atoms with E-state index in [0.29, 0.717) is 31.0 Å². The highest BCUT2D eigenvalue weighted by Gasteiger charge is 2.30. The zero-order valence-electron chi connectivity index (χ0n) is 16.1. The molecule has 1 saturated heterocycles. The Morgan fingerprint density at radius 3 is 2.30 bits per heavy atom. The van der Waals surface area contributed by atoms with Gasteiger partial charge in [-0.2, -0.15) is 4.72 Å². The molecule has 1 amide bonds.